The topological polar surface area (TPSA) is 45.2 Å². The minimum atomic E-state index is -0.0843. The van der Waals surface area contributed by atoms with Crippen LogP contribution in [0.4, 0.5) is 11.4 Å². The molecule has 1 amide bonds. The second kappa shape index (κ2) is 6.19. The number of anilines is 2. The Kier molecular flexibility index (Phi) is 4.35. The summed E-state index contributed by atoms with van der Waals surface area (Å²) in [4.78, 5) is 18.4. The Balaban J connectivity index is 2.26. The number of nitrogens with zero attached hydrogens (tertiary/aromatic N) is 2. The number of aromatic nitrogens is 1. The van der Waals surface area contributed by atoms with E-state index in [0.717, 1.165) is 11.4 Å². The van der Waals surface area contributed by atoms with Gasteiger partial charge in [0.25, 0.3) is 5.91 Å². The van der Waals surface area contributed by atoms with Gasteiger partial charge in [-0.3, -0.25) is 4.79 Å². The third-order valence-corrected chi connectivity index (χ3v) is 3.18. The smallest absolute Gasteiger partial charge is 0.276 e. The van der Waals surface area contributed by atoms with E-state index < -0.39 is 0 Å². The predicted molar refractivity (Wildman–Crippen MR) is 82.3 cm³/mol. The van der Waals surface area contributed by atoms with Gasteiger partial charge < -0.3 is 10.2 Å². The van der Waals surface area contributed by atoms with Gasteiger partial charge in [0.2, 0.25) is 0 Å². The van der Waals surface area contributed by atoms with Gasteiger partial charge in [-0.05, 0) is 38.1 Å². The number of aryl methyl sites for hydroxylation is 1. The van der Waals surface area contributed by atoms with E-state index in [1.165, 1.54) is 5.56 Å². The zero-order valence-electron chi connectivity index (χ0n) is 12.1. The molecule has 2 aromatic rings. The Bertz CT molecular complexity index is 576. The van der Waals surface area contributed by atoms with Crippen LogP contribution in [0.25, 0.3) is 0 Å². The normalized spacial score (nSPS) is 10.2. The third-order valence-electron chi connectivity index (χ3n) is 3.18. The summed E-state index contributed by atoms with van der Waals surface area (Å²) in [6, 6.07) is 11.5. The van der Waals surface area contributed by atoms with E-state index in [1.54, 1.807) is 17.2 Å². The maximum Gasteiger partial charge on any atom is 0.276 e. The maximum absolute atomic E-state index is 12.5. The summed E-state index contributed by atoms with van der Waals surface area (Å²) in [7, 11) is 1.82. The first-order chi connectivity index (χ1) is 9.65. The molecule has 0 aliphatic heterocycles. The van der Waals surface area contributed by atoms with Crippen LogP contribution in [0.1, 0.15) is 23.0 Å². The summed E-state index contributed by atoms with van der Waals surface area (Å²) in [5, 5.41) is 2.99. The van der Waals surface area contributed by atoms with Crippen molar-refractivity contribution in [3.8, 4) is 0 Å². The zero-order chi connectivity index (χ0) is 14.5. The van der Waals surface area contributed by atoms with Gasteiger partial charge in [-0.1, -0.05) is 17.7 Å². The molecule has 0 unspecified atom stereocenters. The van der Waals surface area contributed by atoms with Crippen molar-refractivity contribution in [3.05, 3.63) is 53.9 Å². The van der Waals surface area contributed by atoms with Crippen molar-refractivity contribution in [3.63, 3.8) is 0 Å². The highest BCUT2D eigenvalue weighted by molar-refractivity contribution is 6.04. The highest BCUT2D eigenvalue weighted by atomic mass is 16.2. The Morgan fingerprint density at radius 2 is 1.90 bits per heavy atom. The molecule has 0 bridgehead atoms. The predicted octanol–water partition coefficient (Wildman–Crippen LogP) is 3.10. The van der Waals surface area contributed by atoms with Gasteiger partial charge in [0.15, 0.2) is 0 Å². The molecule has 104 valence electrons. The lowest BCUT2D eigenvalue weighted by molar-refractivity contribution is 0.0983. The molecule has 0 spiro atoms. The van der Waals surface area contributed by atoms with Gasteiger partial charge in [-0.2, -0.15) is 0 Å². The number of amides is 1. The fourth-order valence-corrected chi connectivity index (χ4v) is 1.97. The van der Waals surface area contributed by atoms with Crippen molar-refractivity contribution < 1.29 is 4.79 Å². The highest BCUT2D eigenvalue weighted by Crippen LogP contribution is 2.17. The molecule has 1 heterocycles. The Labute approximate surface area is 119 Å². The average Bonchev–Trinajstić information content (AvgIpc) is 2.50. The summed E-state index contributed by atoms with van der Waals surface area (Å²) in [6.45, 7) is 4.59. The second-order valence-electron chi connectivity index (χ2n) is 4.57. The lowest BCUT2D eigenvalue weighted by atomic mass is 10.2. The van der Waals surface area contributed by atoms with E-state index in [0.29, 0.717) is 12.2 Å². The standard InChI is InChI=1S/C16H19N3O/c1-4-19(14-8-5-12(2)6-9-14)16(20)15-10-7-13(17-3)11-18-15/h5-11,17H,4H2,1-3H3. The van der Waals surface area contributed by atoms with Crippen LogP contribution in [-0.2, 0) is 0 Å². The van der Waals surface area contributed by atoms with E-state index in [2.05, 4.69) is 10.3 Å². The van der Waals surface area contributed by atoms with Crippen LogP contribution in [0.5, 0.6) is 0 Å². The first-order valence-electron chi connectivity index (χ1n) is 6.68. The summed E-state index contributed by atoms with van der Waals surface area (Å²) < 4.78 is 0. The minimum absolute atomic E-state index is 0.0843. The monoisotopic (exact) mass is 269 g/mol. The van der Waals surface area contributed by atoms with Gasteiger partial charge in [-0.15, -0.1) is 0 Å². The molecule has 0 saturated heterocycles. The number of rotatable bonds is 4. The molecule has 4 nitrogen and oxygen atoms in total. The molecule has 1 aromatic carbocycles. The van der Waals surface area contributed by atoms with E-state index in [9.17, 15) is 4.79 Å². The van der Waals surface area contributed by atoms with Crippen LogP contribution in [0.3, 0.4) is 0 Å². The molecule has 0 aliphatic carbocycles. The van der Waals surface area contributed by atoms with Crippen LogP contribution in [0.15, 0.2) is 42.6 Å². The Morgan fingerprint density at radius 3 is 2.40 bits per heavy atom. The van der Waals surface area contributed by atoms with Crippen molar-refractivity contribution in [2.45, 2.75) is 13.8 Å². The van der Waals surface area contributed by atoms with E-state index in [-0.39, 0.29) is 5.91 Å². The number of benzene rings is 1. The molecule has 4 heteroatoms. The minimum Gasteiger partial charge on any atom is -0.387 e. The third kappa shape index (κ3) is 2.96. The number of carbonyl (C=O) groups is 1. The van der Waals surface area contributed by atoms with Crippen LogP contribution in [0, 0.1) is 6.92 Å². The van der Waals surface area contributed by atoms with E-state index in [1.807, 2.05) is 51.2 Å². The fraction of sp³-hybridized carbons (Fsp3) is 0.250. The molecule has 2 rings (SSSR count). The maximum atomic E-state index is 12.5. The van der Waals surface area contributed by atoms with Crippen molar-refractivity contribution >= 4 is 17.3 Å². The number of pyridine rings is 1. The van der Waals surface area contributed by atoms with Gasteiger partial charge in [-0.25, -0.2) is 4.98 Å². The van der Waals surface area contributed by atoms with Gasteiger partial charge in [0, 0.05) is 19.3 Å². The molecule has 20 heavy (non-hydrogen) atoms. The molecule has 0 atom stereocenters. The van der Waals surface area contributed by atoms with Crippen LogP contribution in [-0.4, -0.2) is 24.5 Å². The van der Waals surface area contributed by atoms with Gasteiger partial charge in [0.1, 0.15) is 5.69 Å². The number of hydrogen-bond acceptors (Lipinski definition) is 3. The number of carbonyl (C=O) groups excluding carboxylic acids is 1. The van der Waals surface area contributed by atoms with Crippen molar-refractivity contribution in [2.24, 2.45) is 0 Å². The first kappa shape index (κ1) is 14.1. The highest BCUT2D eigenvalue weighted by Gasteiger charge is 2.17. The van der Waals surface area contributed by atoms with Gasteiger partial charge in [0.05, 0.1) is 11.9 Å². The average molecular weight is 269 g/mol. The number of hydrogen-bond donors (Lipinski definition) is 1. The van der Waals surface area contributed by atoms with Crippen LogP contribution in [0.2, 0.25) is 0 Å². The largest absolute Gasteiger partial charge is 0.387 e. The number of nitrogens with one attached hydrogen (secondary N) is 1. The quantitative estimate of drug-likeness (QED) is 0.927. The Morgan fingerprint density at radius 1 is 1.20 bits per heavy atom. The molecule has 0 saturated carbocycles. The SMILES string of the molecule is CCN(C(=O)c1ccc(NC)cn1)c1ccc(C)cc1. The lowest BCUT2D eigenvalue weighted by Crippen LogP contribution is -2.31. The fourth-order valence-electron chi connectivity index (χ4n) is 1.97. The first-order valence-corrected chi connectivity index (χ1v) is 6.68. The molecule has 0 fully saturated rings. The molecule has 0 aliphatic rings. The zero-order valence-corrected chi connectivity index (χ0v) is 12.1. The van der Waals surface area contributed by atoms with E-state index >= 15 is 0 Å². The molecule has 0 radical (unpaired) electrons. The molecular formula is C16H19N3O. The molecular weight excluding hydrogens is 250 g/mol. The summed E-state index contributed by atoms with van der Waals surface area (Å²) >= 11 is 0. The molecule has 1 N–H and O–H groups in total. The van der Waals surface area contributed by atoms with E-state index in [4.69, 9.17) is 0 Å². The van der Waals surface area contributed by atoms with Crippen molar-refractivity contribution in [1.82, 2.24) is 4.98 Å². The van der Waals surface area contributed by atoms with Crippen molar-refractivity contribution in [1.29, 1.82) is 0 Å². The summed E-state index contributed by atoms with van der Waals surface area (Å²) in [5.41, 5.74) is 3.41. The molecule has 1 aromatic heterocycles. The summed E-state index contributed by atoms with van der Waals surface area (Å²) in [5.74, 6) is -0.0843. The Hall–Kier alpha value is -2.36. The van der Waals surface area contributed by atoms with Crippen LogP contribution >= 0.6 is 0 Å². The van der Waals surface area contributed by atoms with Crippen LogP contribution < -0.4 is 10.2 Å². The lowest BCUT2D eigenvalue weighted by Gasteiger charge is -2.20. The summed E-state index contributed by atoms with van der Waals surface area (Å²) in [6.07, 6.45) is 1.66. The second-order valence-corrected chi connectivity index (χ2v) is 4.57. The van der Waals surface area contributed by atoms with Crippen molar-refractivity contribution in [2.75, 3.05) is 23.8 Å². The van der Waals surface area contributed by atoms with Gasteiger partial charge >= 0.3 is 0 Å².